The van der Waals surface area contributed by atoms with Crippen LogP contribution in [-0.2, 0) is 21.1 Å². The number of sulfone groups is 1. The summed E-state index contributed by atoms with van der Waals surface area (Å²) in [4.78, 5) is 16.4. The third-order valence-electron chi connectivity index (χ3n) is 3.81. The Morgan fingerprint density at radius 1 is 1.33 bits per heavy atom. The van der Waals surface area contributed by atoms with Gasteiger partial charge in [-0.05, 0) is 37.1 Å². The number of oxazole rings is 1. The SMILES string of the molecule is O=C(Cc1coc(-c2ccc(Cl)cc2)n1)NC1CCCS(=O)(=O)C1. The summed E-state index contributed by atoms with van der Waals surface area (Å²) in [6, 6.07) is 6.71. The number of carbonyl (C=O) groups is 1. The number of aromatic nitrogens is 1. The van der Waals surface area contributed by atoms with Crippen molar-refractivity contribution in [1.82, 2.24) is 10.3 Å². The van der Waals surface area contributed by atoms with Crippen LogP contribution in [0.25, 0.3) is 11.5 Å². The molecule has 0 aliphatic carbocycles. The second kappa shape index (κ2) is 6.94. The Labute approximate surface area is 145 Å². The molecule has 2 aromatic rings. The van der Waals surface area contributed by atoms with Gasteiger partial charge in [-0.25, -0.2) is 13.4 Å². The fraction of sp³-hybridized carbons (Fsp3) is 0.375. The largest absolute Gasteiger partial charge is 0.444 e. The van der Waals surface area contributed by atoms with E-state index in [4.69, 9.17) is 16.0 Å². The molecule has 3 rings (SSSR count). The fourth-order valence-electron chi connectivity index (χ4n) is 2.69. The molecule has 1 aliphatic heterocycles. The Bertz CT molecular complexity index is 830. The van der Waals surface area contributed by atoms with E-state index < -0.39 is 9.84 Å². The van der Waals surface area contributed by atoms with Crippen molar-refractivity contribution in [1.29, 1.82) is 0 Å². The van der Waals surface area contributed by atoms with Crippen molar-refractivity contribution in [2.24, 2.45) is 0 Å². The van der Waals surface area contributed by atoms with Gasteiger partial charge in [0.15, 0.2) is 9.84 Å². The summed E-state index contributed by atoms with van der Waals surface area (Å²) in [5, 5.41) is 3.38. The van der Waals surface area contributed by atoms with Crippen LogP contribution in [0.15, 0.2) is 34.9 Å². The predicted molar refractivity (Wildman–Crippen MR) is 90.5 cm³/mol. The molecule has 24 heavy (non-hydrogen) atoms. The zero-order chi connectivity index (χ0) is 17.2. The minimum Gasteiger partial charge on any atom is -0.444 e. The van der Waals surface area contributed by atoms with Gasteiger partial charge in [-0.3, -0.25) is 4.79 Å². The van der Waals surface area contributed by atoms with Crippen LogP contribution in [0.5, 0.6) is 0 Å². The summed E-state index contributed by atoms with van der Waals surface area (Å²) in [5.41, 5.74) is 1.26. The Morgan fingerprint density at radius 2 is 2.08 bits per heavy atom. The molecule has 1 saturated heterocycles. The number of halogens is 1. The molecule has 2 heterocycles. The second-order valence-corrected chi connectivity index (χ2v) is 8.51. The van der Waals surface area contributed by atoms with Gasteiger partial charge in [0.1, 0.15) is 6.26 Å². The van der Waals surface area contributed by atoms with Crippen LogP contribution < -0.4 is 5.32 Å². The lowest BCUT2D eigenvalue weighted by Crippen LogP contribution is -2.43. The van der Waals surface area contributed by atoms with Gasteiger partial charge in [0, 0.05) is 16.6 Å². The molecule has 1 unspecified atom stereocenters. The smallest absolute Gasteiger partial charge is 0.226 e. The Kier molecular flexibility index (Phi) is 4.91. The van der Waals surface area contributed by atoms with E-state index in [0.29, 0.717) is 29.4 Å². The maximum Gasteiger partial charge on any atom is 0.226 e. The van der Waals surface area contributed by atoms with Gasteiger partial charge in [-0.1, -0.05) is 11.6 Å². The summed E-state index contributed by atoms with van der Waals surface area (Å²) in [6.07, 6.45) is 2.74. The van der Waals surface area contributed by atoms with Gasteiger partial charge in [-0.2, -0.15) is 0 Å². The van der Waals surface area contributed by atoms with Crippen molar-refractivity contribution in [3.05, 3.63) is 41.2 Å². The highest BCUT2D eigenvalue weighted by molar-refractivity contribution is 7.91. The molecule has 128 valence electrons. The molecule has 1 atom stereocenters. The third-order valence-corrected chi connectivity index (χ3v) is 5.89. The molecule has 1 aromatic carbocycles. The first-order valence-corrected chi connectivity index (χ1v) is 9.81. The maximum atomic E-state index is 12.1. The molecule has 1 amide bonds. The zero-order valence-electron chi connectivity index (χ0n) is 12.9. The van der Waals surface area contributed by atoms with Crippen LogP contribution in [0.1, 0.15) is 18.5 Å². The number of carbonyl (C=O) groups excluding carboxylic acids is 1. The average molecular weight is 369 g/mol. The van der Waals surface area contributed by atoms with Crippen molar-refractivity contribution in [2.45, 2.75) is 25.3 Å². The van der Waals surface area contributed by atoms with E-state index in [9.17, 15) is 13.2 Å². The molecule has 1 N–H and O–H groups in total. The zero-order valence-corrected chi connectivity index (χ0v) is 14.4. The normalized spacial score (nSPS) is 19.8. The first-order chi connectivity index (χ1) is 11.4. The number of nitrogens with one attached hydrogen (secondary N) is 1. The molecule has 6 nitrogen and oxygen atoms in total. The lowest BCUT2D eigenvalue weighted by molar-refractivity contribution is -0.121. The average Bonchev–Trinajstić information content (AvgIpc) is 2.95. The van der Waals surface area contributed by atoms with Crippen molar-refractivity contribution < 1.29 is 17.6 Å². The number of hydrogen-bond acceptors (Lipinski definition) is 5. The molecule has 1 fully saturated rings. The van der Waals surface area contributed by atoms with Gasteiger partial charge < -0.3 is 9.73 Å². The van der Waals surface area contributed by atoms with Crippen LogP contribution in [-0.4, -0.2) is 36.9 Å². The topological polar surface area (TPSA) is 89.3 Å². The Morgan fingerprint density at radius 3 is 2.79 bits per heavy atom. The van der Waals surface area contributed by atoms with Crippen LogP contribution in [0, 0.1) is 0 Å². The van der Waals surface area contributed by atoms with Gasteiger partial charge >= 0.3 is 0 Å². The number of amides is 1. The van der Waals surface area contributed by atoms with Gasteiger partial charge in [0.25, 0.3) is 0 Å². The van der Waals surface area contributed by atoms with E-state index in [1.165, 1.54) is 6.26 Å². The summed E-state index contributed by atoms with van der Waals surface area (Å²) in [6.45, 7) is 0. The monoisotopic (exact) mass is 368 g/mol. The highest BCUT2D eigenvalue weighted by atomic mass is 35.5. The van der Waals surface area contributed by atoms with Crippen molar-refractivity contribution >= 4 is 27.3 Å². The van der Waals surface area contributed by atoms with Crippen LogP contribution >= 0.6 is 11.6 Å². The Hall–Kier alpha value is -1.86. The summed E-state index contributed by atoms with van der Waals surface area (Å²) in [5.74, 6) is 0.364. The van der Waals surface area contributed by atoms with E-state index >= 15 is 0 Å². The number of nitrogens with zero attached hydrogens (tertiary/aromatic N) is 1. The van der Waals surface area contributed by atoms with Crippen LogP contribution in [0.4, 0.5) is 0 Å². The summed E-state index contributed by atoms with van der Waals surface area (Å²) >= 11 is 5.84. The van der Waals surface area contributed by atoms with Gasteiger partial charge in [0.2, 0.25) is 11.8 Å². The first kappa shape index (κ1) is 17.0. The van der Waals surface area contributed by atoms with E-state index in [2.05, 4.69) is 10.3 Å². The third kappa shape index (κ3) is 4.36. The highest BCUT2D eigenvalue weighted by Gasteiger charge is 2.26. The molecule has 0 saturated carbocycles. The van der Waals surface area contributed by atoms with Gasteiger partial charge in [-0.15, -0.1) is 0 Å². The lowest BCUT2D eigenvalue weighted by atomic mass is 10.2. The number of hydrogen-bond donors (Lipinski definition) is 1. The predicted octanol–water partition coefficient (Wildman–Crippen LogP) is 2.23. The van der Waals surface area contributed by atoms with E-state index in [-0.39, 0.29) is 29.9 Å². The minimum atomic E-state index is -3.05. The quantitative estimate of drug-likeness (QED) is 0.893. The molecule has 8 heteroatoms. The summed E-state index contributed by atoms with van der Waals surface area (Å²) in [7, 11) is -3.05. The van der Waals surface area contributed by atoms with E-state index in [0.717, 1.165) is 5.56 Å². The summed E-state index contributed by atoms with van der Waals surface area (Å²) < 4.78 is 28.6. The number of rotatable bonds is 4. The second-order valence-electron chi connectivity index (χ2n) is 5.85. The highest BCUT2D eigenvalue weighted by Crippen LogP contribution is 2.21. The number of benzene rings is 1. The van der Waals surface area contributed by atoms with E-state index in [1.54, 1.807) is 24.3 Å². The first-order valence-electron chi connectivity index (χ1n) is 7.61. The van der Waals surface area contributed by atoms with Crippen LogP contribution in [0.2, 0.25) is 5.02 Å². The van der Waals surface area contributed by atoms with Crippen molar-refractivity contribution in [3.8, 4) is 11.5 Å². The molecule has 0 radical (unpaired) electrons. The molecule has 0 spiro atoms. The molecular formula is C16H17ClN2O4S. The van der Waals surface area contributed by atoms with Crippen molar-refractivity contribution in [2.75, 3.05) is 11.5 Å². The standard InChI is InChI=1S/C16H17ClN2O4S/c17-12-5-3-11(4-6-12)16-19-14(9-23-16)8-15(20)18-13-2-1-7-24(21,22)10-13/h3-6,9,13H,1-2,7-8,10H2,(H,18,20). The van der Waals surface area contributed by atoms with Gasteiger partial charge in [0.05, 0.1) is 23.6 Å². The Balaban J connectivity index is 1.60. The fourth-order valence-corrected chi connectivity index (χ4v) is 4.46. The van der Waals surface area contributed by atoms with Crippen LogP contribution in [0.3, 0.4) is 0 Å². The van der Waals surface area contributed by atoms with E-state index in [1.807, 2.05) is 0 Å². The molecular weight excluding hydrogens is 352 g/mol. The minimum absolute atomic E-state index is 0.00752. The van der Waals surface area contributed by atoms with Crippen molar-refractivity contribution in [3.63, 3.8) is 0 Å². The maximum absolute atomic E-state index is 12.1. The lowest BCUT2D eigenvalue weighted by Gasteiger charge is -2.22. The molecule has 1 aromatic heterocycles. The molecule has 1 aliphatic rings. The molecule has 0 bridgehead atoms.